The molecule has 0 bridgehead atoms. The van der Waals surface area contributed by atoms with Crippen molar-refractivity contribution in [3.8, 4) is 0 Å². The van der Waals surface area contributed by atoms with Crippen LogP contribution in [0.15, 0.2) is 0 Å². The van der Waals surface area contributed by atoms with Crippen LogP contribution in [0.25, 0.3) is 0 Å². The van der Waals surface area contributed by atoms with Gasteiger partial charge in [0.05, 0.1) is 11.6 Å². The van der Waals surface area contributed by atoms with Crippen molar-refractivity contribution in [1.29, 1.82) is 0 Å². The van der Waals surface area contributed by atoms with E-state index >= 15 is 0 Å². The van der Waals surface area contributed by atoms with E-state index in [1.807, 2.05) is 7.11 Å². The summed E-state index contributed by atoms with van der Waals surface area (Å²) in [6.07, 6.45) is 10.7. The van der Waals surface area contributed by atoms with Crippen molar-refractivity contribution in [1.82, 2.24) is 4.90 Å². The zero-order valence-electron chi connectivity index (χ0n) is 13.0. The number of nitrogens with two attached hydrogens (primary N) is 1. The molecule has 0 spiro atoms. The van der Waals surface area contributed by atoms with Crippen LogP contribution in [0.3, 0.4) is 0 Å². The SMILES string of the molecule is COC1CCCCC1(CN)N(C)C1CCCCC1C. The van der Waals surface area contributed by atoms with Gasteiger partial charge in [-0.15, -0.1) is 0 Å². The van der Waals surface area contributed by atoms with Crippen molar-refractivity contribution in [2.75, 3.05) is 20.7 Å². The normalized spacial score (nSPS) is 40.6. The van der Waals surface area contributed by atoms with E-state index in [1.165, 1.54) is 51.4 Å². The molecule has 0 aromatic rings. The van der Waals surface area contributed by atoms with Crippen LogP contribution in [0.1, 0.15) is 58.3 Å². The highest BCUT2D eigenvalue weighted by Crippen LogP contribution is 2.39. The Hall–Kier alpha value is -0.120. The van der Waals surface area contributed by atoms with E-state index in [4.69, 9.17) is 10.5 Å². The fraction of sp³-hybridized carbons (Fsp3) is 1.00. The fourth-order valence-electron chi connectivity index (χ4n) is 4.51. The monoisotopic (exact) mass is 268 g/mol. The summed E-state index contributed by atoms with van der Waals surface area (Å²) >= 11 is 0. The second-order valence-corrected chi connectivity index (χ2v) is 6.72. The van der Waals surface area contributed by atoms with E-state index < -0.39 is 0 Å². The average Bonchev–Trinajstić information content (AvgIpc) is 2.46. The Labute approximate surface area is 118 Å². The van der Waals surface area contributed by atoms with Gasteiger partial charge in [0.2, 0.25) is 0 Å². The number of hydrogen-bond donors (Lipinski definition) is 1. The highest BCUT2D eigenvalue weighted by atomic mass is 16.5. The smallest absolute Gasteiger partial charge is 0.0767 e. The largest absolute Gasteiger partial charge is 0.379 e. The molecule has 3 heteroatoms. The highest BCUT2D eigenvalue weighted by Gasteiger charge is 2.46. The molecular weight excluding hydrogens is 236 g/mol. The van der Waals surface area contributed by atoms with Crippen LogP contribution < -0.4 is 5.73 Å². The number of nitrogens with zero attached hydrogens (tertiary/aromatic N) is 1. The second kappa shape index (κ2) is 6.55. The minimum Gasteiger partial charge on any atom is -0.379 e. The minimum atomic E-state index is 0.0727. The Morgan fingerprint density at radius 2 is 1.84 bits per heavy atom. The minimum absolute atomic E-state index is 0.0727. The summed E-state index contributed by atoms with van der Waals surface area (Å²) in [6, 6.07) is 0.688. The molecule has 112 valence electrons. The summed E-state index contributed by atoms with van der Waals surface area (Å²) in [6.45, 7) is 3.14. The molecule has 4 unspecified atom stereocenters. The van der Waals surface area contributed by atoms with E-state index in [0.29, 0.717) is 12.1 Å². The number of rotatable bonds is 4. The molecule has 0 heterocycles. The van der Waals surface area contributed by atoms with E-state index in [-0.39, 0.29) is 5.54 Å². The van der Waals surface area contributed by atoms with Gasteiger partial charge in [-0.05, 0) is 38.6 Å². The Kier molecular flexibility index (Phi) is 5.27. The van der Waals surface area contributed by atoms with Crippen LogP contribution in [0.4, 0.5) is 0 Å². The molecule has 2 fully saturated rings. The van der Waals surface area contributed by atoms with Gasteiger partial charge in [0, 0.05) is 19.7 Å². The van der Waals surface area contributed by atoms with E-state index in [0.717, 1.165) is 12.5 Å². The third-order valence-corrected chi connectivity index (χ3v) is 5.83. The van der Waals surface area contributed by atoms with Gasteiger partial charge in [0.1, 0.15) is 0 Å². The molecule has 4 atom stereocenters. The first-order chi connectivity index (χ1) is 9.15. The summed E-state index contributed by atoms with van der Waals surface area (Å²) < 4.78 is 5.82. The van der Waals surface area contributed by atoms with E-state index in [2.05, 4.69) is 18.9 Å². The lowest BCUT2D eigenvalue weighted by Gasteiger charge is -2.53. The van der Waals surface area contributed by atoms with Crippen LogP contribution in [0.5, 0.6) is 0 Å². The number of methoxy groups -OCH3 is 1. The summed E-state index contributed by atoms with van der Waals surface area (Å²) in [7, 11) is 4.16. The first kappa shape index (κ1) is 15.3. The fourth-order valence-corrected chi connectivity index (χ4v) is 4.51. The molecule has 0 aromatic carbocycles. The third-order valence-electron chi connectivity index (χ3n) is 5.83. The van der Waals surface area contributed by atoms with Gasteiger partial charge in [-0.2, -0.15) is 0 Å². The summed E-state index contributed by atoms with van der Waals surface area (Å²) in [5, 5.41) is 0. The summed E-state index contributed by atoms with van der Waals surface area (Å²) in [5.41, 5.74) is 6.31. The third kappa shape index (κ3) is 2.84. The Bertz CT molecular complexity index is 284. The van der Waals surface area contributed by atoms with Gasteiger partial charge in [-0.25, -0.2) is 0 Å². The molecule has 3 nitrogen and oxygen atoms in total. The second-order valence-electron chi connectivity index (χ2n) is 6.72. The Morgan fingerprint density at radius 1 is 1.16 bits per heavy atom. The van der Waals surface area contributed by atoms with Crippen molar-refractivity contribution >= 4 is 0 Å². The van der Waals surface area contributed by atoms with Gasteiger partial charge in [-0.3, -0.25) is 4.90 Å². The molecule has 2 aliphatic carbocycles. The molecular formula is C16H32N2O. The quantitative estimate of drug-likeness (QED) is 0.852. The van der Waals surface area contributed by atoms with Gasteiger partial charge in [0.25, 0.3) is 0 Å². The highest BCUT2D eigenvalue weighted by molar-refractivity contribution is 5.03. The standard InChI is InChI=1S/C16H32N2O/c1-13-8-4-5-9-14(13)18(2)16(12-17)11-7-6-10-15(16)19-3/h13-15H,4-12,17H2,1-3H3. The lowest BCUT2D eigenvalue weighted by atomic mass is 9.74. The van der Waals surface area contributed by atoms with Gasteiger partial charge >= 0.3 is 0 Å². The first-order valence-electron chi connectivity index (χ1n) is 8.11. The molecule has 0 saturated heterocycles. The van der Waals surface area contributed by atoms with Crippen LogP contribution in [0.2, 0.25) is 0 Å². The van der Waals surface area contributed by atoms with E-state index in [9.17, 15) is 0 Å². The molecule has 0 radical (unpaired) electrons. The van der Waals surface area contributed by atoms with Gasteiger partial charge in [-0.1, -0.05) is 32.6 Å². The lowest BCUT2D eigenvalue weighted by molar-refractivity contribution is -0.0925. The maximum absolute atomic E-state index is 6.24. The molecule has 2 aliphatic rings. The molecule has 0 amide bonds. The van der Waals surface area contributed by atoms with Crippen molar-refractivity contribution in [3.63, 3.8) is 0 Å². The van der Waals surface area contributed by atoms with Crippen molar-refractivity contribution in [2.45, 2.75) is 76.0 Å². The zero-order valence-corrected chi connectivity index (χ0v) is 13.0. The maximum atomic E-state index is 6.24. The van der Waals surface area contributed by atoms with E-state index in [1.54, 1.807) is 0 Å². The predicted octanol–water partition coefficient (Wildman–Crippen LogP) is 2.78. The average molecular weight is 268 g/mol. The Balaban J connectivity index is 2.18. The molecule has 0 aromatic heterocycles. The zero-order chi connectivity index (χ0) is 13.9. The maximum Gasteiger partial charge on any atom is 0.0767 e. The number of hydrogen-bond acceptors (Lipinski definition) is 3. The van der Waals surface area contributed by atoms with Crippen LogP contribution >= 0.6 is 0 Å². The summed E-state index contributed by atoms with van der Waals surface area (Å²) in [4.78, 5) is 2.62. The van der Waals surface area contributed by atoms with Crippen molar-refractivity contribution in [2.24, 2.45) is 11.7 Å². The Morgan fingerprint density at radius 3 is 2.47 bits per heavy atom. The van der Waals surface area contributed by atoms with Crippen LogP contribution in [-0.2, 0) is 4.74 Å². The van der Waals surface area contributed by atoms with Crippen molar-refractivity contribution < 1.29 is 4.74 Å². The molecule has 2 N–H and O–H groups in total. The molecule has 0 aliphatic heterocycles. The lowest BCUT2D eigenvalue weighted by Crippen LogP contribution is -2.65. The molecule has 19 heavy (non-hydrogen) atoms. The van der Waals surface area contributed by atoms with Crippen molar-refractivity contribution in [3.05, 3.63) is 0 Å². The topological polar surface area (TPSA) is 38.5 Å². The number of likely N-dealkylation sites (N-methyl/N-ethyl adjacent to an activating group) is 1. The van der Waals surface area contributed by atoms with Gasteiger partial charge in [0.15, 0.2) is 0 Å². The summed E-state index contributed by atoms with van der Waals surface area (Å²) in [5.74, 6) is 0.793. The van der Waals surface area contributed by atoms with Gasteiger partial charge < -0.3 is 10.5 Å². The number of ether oxygens (including phenoxy) is 1. The molecule has 2 rings (SSSR count). The molecule has 2 saturated carbocycles. The first-order valence-corrected chi connectivity index (χ1v) is 8.11. The van der Waals surface area contributed by atoms with Crippen LogP contribution in [0, 0.1) is 5.92 Å². The van der Waals surface area contributed by atoms with Crippen LogP contribution in [-0.4, -0.2) is 43.3 Å². The predicted molar refractivity (Wildman–Crippen MR) is 80.2 cm³/mol.